The number of thiophene rings is 1. The van der Waals surface area contributed by atoms with E-state index in [-0.39, 0.29) is 0 Å². The van der Waals surface area contributed by atoms with Crippen molar-refractivity contribution in [2.75, 3.05) is 0 Å². The van der Waals surface area contributed by atoms with Crippen LogP contribution in [0, 0.1) is 13.8 Å². The van der Waals surface area contributed by atoms with E-state index in [2.05, 4.69) is 50.8 Å². The van der Waals surface area contributed by atoms with Crippen molar-refractivity contribution in [3.05, 3.63) is 83.3 Å². The Hall–Kier alpha value is -2.85. The standard InChI is InChI=1S/C22H20O3S/c1-4-20(23)25-21-12-19(14-26-21)24-13-17-9-6-10-18(11-17)22-15(2)7-5-8-16(22)3/h4-12,14H,1,13H2,2-3H3. The van der Waals surface area contributed by atoms with Crippen molar-refractivity contribution >= 4 is 17.3 Å². The minimum absolute atomic E-state index is 0.449. The van der Waals surface area contributed by atoms with E-state index in [0.717, 1.165) is 11.6 Å². The number of esters is 1. The van der Waals surface area contributed by atoms with Gasteiger partial charge in [-0.15, -0.1) is 11.3 Å². The molecule has 0 aliphatic rings. The molecule has 3 aromatic rings. The summed E-state index contributed by atoms with van der Waals surface area (Å²) in [4.78, 5) is 11.2. The highest BCUT2D eigenvalue weighted by molar-refractivity contribution is 7.12. The van der Waals surface area contributed by atoms with E-state index in [1.165, 1.54) is 33.6 Å². The zero-order valence-electron chi connectivity index (χ0n) is 14.8. The molecule has 0 atom stereocenters. The predicted octanol–water partition coefficient (Wildman–Crippen LogP) is 5.70. The molecule has 0 saturated carbocycles. The molecule has 0 aliphatic carbocycles. The van der Waals surface area contributed by atoms with Gasteiger partial charge in [0.1, 0.15) is 12.4 Å². The van der Waals surface area contributed by atoms with Crippen LogP contribution in [0.15, 0.2) is 66.6 Å². The Balaban J connectivity index is 1.72. The summed E-state index contributed by atoms with van der Waals surface area (Å²) < 4.78 is 10.9. The van der Waals surface area contributed by atoms with Crippen LogP contribution in [0.1, 0.15) is 16.7 Å². The van der Waals surface area contributed by atoms with Gasteiger partial charge in [0.05, 0.1) is 0 Å². The molecule has 0 unspecified atom stereocenters. The quantitative estimate of drug-likeness (QED) is 0.415. The summed E-state index contributed by atoms with van der Waals surface area (Å²) in [6.45, 7) is 8.09. The maximum atomic E-state index is 11.2. The summed E-state index contributed by atoms with van der Waals surface area (Å²) in [5.74, 6) is 0.207. The number of aryl methyl sites for hydroxylation is 2. The lowest BCUT2D eigenvalue weighted by Crippen LogP contribution is -2.01. The number of ether oxygens (including phenoxy) is 2. The number of hydrogen-bond acceptors (Lipinski definition) is 4. The van der Waals surface area contributed by atoms with Gasteiger partial charge in [-0.1, -0.05) is 43.0 Å². The second-order valence-corrected chi connectivity index (χ2v) is 6.86. The van der Waals surface area contributed by atoms with E-state index in [0.29, 0.717) is 17.4 Å². The Morgan fingerprint density at radius 3 is 2.58 bits per heavy atom. The topological polar surface area (TPSA) is 35.5 Å². The van der Waals surface area contributed by atoms with E-state index in [1.807, 2.05) is 17.5 Å². The van der Waals surface area contributed by atoms with E-state index >= 15 is 0 Å². The van der Waals surface area contributed by atoms with Crippen LogP contribution in [0.3, 0.4) is 0 Å². The van der Waals surface area contributed by atoms with Crippen LogP contribution >= 0.6 is 11.3 Å². The molecule has 0 saturated heterocycles. The normalized spacial score (nSPS) is 10.4. The zero-order valence-corrected chi connectivity index (χ0v) is 15.6. The molecule has 0 N–H and O–H groups in total. The van der Waals surface area contributed by atoms with Crippen LogP contribution in [0.4, 0.5) is 0 Å². The van der Waals surface area contributed by atoms with Crippen molar-refractivity contribution in [3.8, 4) is 21.9 Å². The van der Waals surface area contributed by atoms with Crippen LogP contribution < -0.4 is 9.47 Å². The summed E-state index contributed by atoms with van der Waals surface area (Å²) in [5, 5.41) is 2.32. The molecule has 0 bridgehead atoms. The van der Waals surface area contributed by atoms with E-state index in [9.17, 15) is 4.79 Å². The molecule has 26 heavy (non-hydrogen) atoms. The predicted molar refractivity (Wildman–Crippen MR) is 106 cm³/mol. The van der Waals surface area contributed by atoms with Crippen molar-refractivity contribution in [1.29, 1.82) is 0 Å². The lowest BCUT2D eigenvalue weighted by Gasteiger charge is -2.11. The summed E-state index contributed by atoms with van der Waals surface area (Å²) in [6.07, 6.45) is 1.14. The molecule has 132 valence electrons. The number of benzene rings is 2. The molecule has 0 radical (unpaired) electrons. The Morgan fingerprint density at radius 2 is 1.85 bits per heavy atom. The minimum atomic E-state index is -0.472. The van der Waals surface area contributed by atoms with Gasteiger partial charge in [-0.3, -0.25) is 0 Å². The Kier molecular flexibility index (Phi) is 5.54. The second-order valence-electron chi connectivity index (χ2n) is 5.98. The van der Waals surface area contributed by atoms with E-state index in [1.54, 1.807) is 6.07 Å². The zero-order chi connectivity index (χ0) is 18.5. The fraction of sp³-hybridized carbons (Fsp3) is 0.136. The molecule has 3 nitrogen and oxygen atoms in total. The number of carbonyl (C=O) groups is 1. The van der Waals surface area contributed by atoms with Crippen molar-refractivity contribution in [2.45, 2.75) is 20.5 Å². The fourth-order valence-electron chi connectivity index (χ4n) is 2.82. The van der Waals surface area contributed by atoms with Crippen LogP contribution in [0.2, 0.25) is 0 Å². The summed E-state index contributed by atoms with van der Waals surface area (Å²) >= 11 is 1.32. The molecule has 1 aromatic heterocycles. The van der Waals surface area contributed by atoms with Crippen LogP contribution in [-0.4, -0.2) is 5.97 Å². The van der Waals surface area contributed by atoms with Crippen LogP contribution in [0.5, 0.6) is 10.8 Å². The first-order valence-electron chi connectivity index (χ1n) is 8.28. The van der Waals surface area contributed by atoms with E-state index < -0.39 is 5.97 Å². The first-order valence-corrected chi connectivity index (χ1v) is 9.16. The minimum Gasteiger partial charge on any atom is -0.488 e. The smallest absolute Gasteiger partial charge is 0.336 e. The highest BCUT2D eigenvalue weighted by Gasteiger charge is 2.08. The van der Waals surface area contributed by atoms with Crippen LogP contribution in [0.25, 0.3) is 11.1 Å². The van der Waals surface area contributed by atoms with Gasteiger partial charge < -0.3 is 9.47 Å². The van der Waals surface area contributed by atoms with Crippen molar-refractivity contribution in [1.82, 2.24) is 0 Å². The van der Waals surface area contributed by atoms with Crippen molar-refractivity contribution in [2.24, 2.45) is 0 Å². The molecule has 0 spiro atoms. The number of hydrogen-bond donors (Lipinski definition) is 0. The molecule has 3 rings (SSSR count). The molecule has 0 aliphatic heterocycles. The molecule has 0 fully saturated rings. The first kappa shape index (κ1) is 18.0. The van der Waals surface area contributed by atoms with Gasteiger partial charge in [0.2, 0.25) is 0 Å². The Morgan fingerprint density at radius 1 is 1.12 bits per heavy atom. The first-order chi connectivity index (χ1) is 12.6. The highest BCUT2D eigenvalue weighted by Crippen LogP contribution is 2.30. The largest absolute Gasteiger partial charge is 0.488 e. The van der Waals surface area contributed by atoms with Crippen molar-refractivity contribution < 1.29 is 14.3 Å². The molecular weight excluding hydrogens is 344 g/mol. The van der Waals surface area contributed by atoms with Gasteiger partial charge in [0, 0.05) is 17.5 Å². The van der Waals surface area contributed by atoms with Gasteiger partial charge in [0.15, 0.2) is 5.06 Å². The molecule has 0 amide bonds. The average molecular weight is 364 g/mol. The number of carbonyl (C=O) groups excluding carboxylic acids is 1. The van der Waals surface area contributed by atoms with Gasteiger partial charge in [-0.05, 0) is 47.7 Å². The van der Waals surface area contributed by atoms with Gasteiger partial charge in [-0.2, -0.15) is 0 Å². The third-order valence-electron chi connectivity index (χ3n) is 4.02. The van der Waals surface area contributed by atoms with Crippen LogP contribution in [-0.2, 0) is 11.4 Å². The lowest BCUT2D eigenvalue weighted by molar-refractivity contribution is -0.128. The number of rotatable bonds is 6. The summed E-state index contributed by atoms with van der Waals surface area (Å²) in [5.41, 5.74) is 6.06. The Bertz CT molecular complexity index is 920. The third-order valence-corrected chi connectivity index (χ3v) is 4.81. The summed E-state index contributed by atoms with van der Waals surface area (Å²) in [6, 6.07) is 16.4. The monoisotopic (exact) mass is 364 g/mol. The third kappa shape index (κ3) is 4.21. The average Bonchev–Trinajstić information content (AvgIpc) is 3.07. The van der Waals surface area contributed by atoms with Gasteiger partial charge in [-0.25, -0.2) is 4.79 Å². The van der Waals surface area contributed by atoms with E-state index in [4.69, 9.17) is 9.47 Å². The molecular formula is C22H20O3S. The maximum absolute atomic E-state index is 11.2. The van der Waals surface area contributed by atoms with Crippen molar-refractivity contribution in [3.63, 3.8) is 0 Å². The lowest BCUT2D eigenvalue weighted by atomic mass is 9.95. The fourth-order valence-corrected chi connectivity index (χ4v) is 3.51. The van der Waals surface area contributed by atoms with Gasteiger partial charge >= 0.3 is 5.97 Å². The summed E-state index contributed by atoms with van der Waals surface area (Å²) in [7, 11) is 0. The second kappa shape index (κ2) is 8.02. The molecule has 4 heteroatoms. The SMILES string of the molecule is C=CC(=O)Oc1cc(OCc2cccc(-c3c(C)cccc3C)c2)cs1. The molecule has 2 aromatic carbocycles. The molecule has 1 heterocycles. The van der Waals surface area contributed by atoms with Gasteiger partial charge in [0.25, 0.3) is 0 Å². The highest BCUT2D eigenvalue weighted by atomic mass is 32.1. The Labute approximate surface area is 157 Å². The maximum Gasteiger partial charge on any atom is 0.336 e.